The molecule has 0 saturated carbocycles. The lowest BCUT2D eigenvalue weighted by molar-refractivity contribution is 0.0983. The fourth-order valence-corrected chi connectivity index (χ4v) is 1.82. The Bertz CT molecular complexity index is 335. The van der Waals surface area contributed by atoms with Gasteiger partial charge in [0.2, 0.25) is 0 Å². The highest BCUT2D eigenvalue weighted by molar-refractivity contribution is 6.33. The highest BCUT2D eigenvalue weighted by atomic mass is 35.5. The van der Waals surface area contributed by atoms with E-state index in [4.69, 9.17) is 28.3 Å². The van der Waals surface area contributed by atoms with Crippen LogP contribution in [0.4, 0.5) is 0 Å². The number of unbranched alkanes of at least 4 members (excludes halogenated alkanes) is 1. The molecule has 0 aromatic heterocycles. The molecular formula is C12H14Cl2O2. The maximum Gasteiger partial charge on any atom is 0.180 e. The molecule has 1 rings (SSSR count). The van der Waals surface area contributed by atoms with Crippen LogP contribution in [0.25, 0.3) is 0 Å². The molecule has 1 unspecified atom stereocenters. The van der Waals surface area contributed by atoms with Crippen LogP contribution >= 0.6 is 23.2 Å². The molecule has 0 radical (unpaired) electrons. The summed E-state index contributed by atoms with van der Waals surface area (Å²) in [4.78, 5) is 11.8. The summed E-state index contributed by atoms with van der Waals surface area (Å²) in [6, 6.07) is 6.12. The van der Waals surface area contributed by atoms with E-state index < -0.39 is 5.38 Å². The van der Waals surface area contributed by atoms with Gasteiger partial charge in [-0.05, 0) is 37.1 Å². The lowest BCUT2D eigenvalue weighted by Crippen LogP contribution is -2.14. The molecule has 0 saturated heterocycles. The maximum absolute atomic E-state index is 11.8. The van der Waals surface area contributed by atoms with Crippen LogP contribution in [0.2, 0.25) is 0 Å². The number of alkyl halides is 2. The average Bonchev–Trinajstić information content (AvgIpc) is 2.29. The van der Waals surface area contributed by atoms with Crippen LogP contribution < -0.4 is 0 Å². The predicted molar refractivity (Wildman–Crippen MR) is 66.6 cm³/mol. The average molecular weight is 261 g/mol. The molecule has 0 amide bonds. The second-order valence-corrected chi connectivity index (χ2v) is 4.47. The minimum Gasteiger partial charge on any atom is -0.508 e. The van der Waals surface area contributed by atoms with E-state index in [1.807, 2.05) is 0 Å². The molecule has 0 bridgehead atoms. The van der Waals surface area contributed by atoms with Crippen LogP contribution in [0.5, 0.6) is 5.75 Å². The Labute approximate surface area is 105 Å². The van der Waals surface area contributed by atoms with Crippen molar-refractivity contribution in [1.82, 2.24) is 0 Å². The molecule has 0 aliphatic heterocycles. The molecular weight excluding hydrogens is 247 g/mol. The van der Waals surface area contributed by atoms with Gasteiger partial charge in [-0.1, -0.05) is 6.42 Å². The van der Waals surface area contributed by atoms with E-state index in [1.54, 1.807) is 12.1 Å². The predicted octanol–water partition coefficient (Wildman–Crippen LogP) is 3.59. The summed E-state index contributed by atoms with van der Waals surface area (Å²) in [5.74, 6) is 0.637. The Hall–Kier alpha value is -0.730. The standard InChI is InChI=1S/C12H14Cl2O2/c13-8-2-1-3-11(14)12(16)9-4-6-10(15)7-5-9/h4-7,11,15H,1-3,8H2. The van der Waals surface area contributed by atoms with Crippen molar-refractivity contribution < 1.29 is 9.90 Å². The van der Waals surface area contributed by atoms with E-state index in [1.165, 1.54) is 12.1 Å². The fourth-order valence-electron chi connectivity index (χ4n) is 1.36. The molecule has 0 heterocycles. The number of rotatable bonds is 6. The van der Waals surface area contributed by atoms with Crippen molar-refractivity contribution in [2.75, 3.05) is 5.88 Å². The first-order chi connectivity index (χ1) is 7.65. The summed E-state index contributed by atoms with van der Waals surface area (Å²) in [5, 5.41) is 8.58. The SMILES string of the molecule is O=C(c1ccc(O)cc1)C(Cl)CCCCCl. The summed E-state index contributed by atoms with van der Waals surface area (Å²) >= 11 is 11.5. The number of carbonyl (C=O) groups is 1. The fraction of sp³-hybridized carbons (Fsp3) is 0.417. The summed E-state index contributed by atoms with van der Waals surface area (Å²) in [6.45, 7) is 0. The summed E-state index contributed by atoms with van der Waals surface area (Å²) in [5.41, 5.74) is 0.531. The minimum atomic E-state index is -0.507. The van der Waals surface area contributed by atoms with Crippen molar-refractivity contribution in [3.8, 4) is 5.75 Å². The Morgan fingerprint density at radius 1 is 1.25 bits per heavy atom. The van der Waals surface area contributed by atoms with Crippen LogP contribution in [0.1, 0.15) is 29.6 Å². The molecule has 0 aliphatic rings. The summed E-state index contributed by atoms with van der Waals surface area (Å²) < 4.78 is 0. The second kappa shape index (κ2) is 6.77. The van der Waals surface area contributed by atoms with E-state index in [9.17, 15) is 4.79 Å². The van der Waals surface area contributed by atoms with Gasteiger partial charge in [0.25, 0.3) is 0 Å². The van der Waals surface area contributed by atoms with Gasteiger partial charge >= 0.3 is 0 Å². The molecule has 1 atom stereocenters. The Morgan fingerprint density at radius 3 is 2.44 bits per heavy atom. The lowest BCUT2D eigenvalue weighted by Gasteiger charge is -2.07. The van der Waals surface area contributed by atoms with Crippen molar-refractivity contribution in [3.63, 3.8) is 0 Å². The second-order valence-electron chi connectivity index (χ2n) is 3.56. The normalized spacial score (nSPS) is 12.4. The monoisotopic (exact) mass is 260 g/mol. The smallest absolute Gasteiger partial charge is 0.180 e. The molecule has 0 aliphatic carbocycles. The van der Waals surface area contributed by atoms with E-state index >= 15 is 0 Å². The first kappa shape index (κ1) is 13.3. The van der Waals surface area contributed by atoms with Crippen LogP contribution in [-0.2, 0) is 0 Å². The molecule has 2 nitrogen and oxygen atoms in total. The quantitative estimate of drug-likeness (QED) is 0.482. The topological polar surface area (TPSA) is 37.3 Å². The number of carbonyl (C=O) groups excluding carboxylic acids is 1. The van der Waals surface area contributed by atoms with Gasteiger partial charge in [-0.25, -0.2) is 0 Å². The van der Waals surface area contributed by atoms with E-state index in [-0.39, 0.29) is 11.5 Å². The van der Waals surface area contributed by atoms with Gasteiger partial charge in [-0.2, -0.15) is 0 Å². The van der Waals surface area contributed by atoms with Crippen molar-refractivity contribution in [1.29, 1.82) is 0 Å². The zero-order chi connectivity index (χ0) is 12.0. The molecule has 4 heteroatoms. The van der Waals surface area contributed by atoms with Crippen molar-refractivity contribution in [3.05, 3.63) is 29.8 Å². The molecule has 88 valence electrons. The van der Waals surface area contributed by atoms with Crippen molar-refractivity contribution in [2.45, 2.75) is 24.6 Å². The van der Waals surface area contributed by atoms with Gasteiger partial charge in [0.1, 0.15) is 5.75 Å². The number of Topliss-reactive ketones (excluding diaryl/α,β-unsaturated/α-hetero) is 1. The first-order valence-electron chi connectivity index (χ1n) is 5.18. The number of benzene rings is 1. The van der Waals surface area contributed by atoms with Gasteiger partial charge in [0.15, 0.2) is 5.78 Å². The number of hydrogen-bond acceptors (Lipinski definition) is 2. The summed E-state index contributed by atoms with van der Waals surface area (Å²) in [7, 11) is 0. The number of phenolic OH excluding ortho intramolecular Hbond substituents is 1. The molecule has 0 spiro atoms. The molecule has 0 fully saturated rings. The van der Waals surface area contributed by atoms with Gasteiger partial charge in [-0.15, -0.1) is 23.2 Å². The Morgan fingerprint density at radius 2 is 1.88 bits per heavy atom. The molecule has 1 N–H and O–H groups in total. The zero-order valence-corrected chi connectivity index (χ0v) is 10.3. The number of aromatic hydroxyl groups is 1. The van der Waals surface area contributed by atoms with Crippen molar-refractivity contribution >= 4 is 29.0 Å². The van der Waals surface area contributed by atoms with E-state index in [2.05, 4.69) is 0 Å². The molecule has 16 heavy (non-hydrogen) atoms. The summed E-state index contributed by atoms with van der Waals surface area (Å²) in [6.07, 6.45) is 2.35. The highest BCUT2D eigenvalue weighted by Crippen LogP contribution is 2.17. The third-order valence-electron chi connectivity index (χ3n) is 2.28. The minimum absolute atomic E-state index is 0.101. The van der Waals surface area contributed by atoms with Crippen LogP contribution in [-0.4, -0.2) is 22.1 Å². The number of phenols is 1. The third-order valence-corrected chi connectivity index (χ3v) is 2.96. The van der Waals surface area contributed by atoms with Gasteiger partial charge < -0.3 is 5.11 Å². The third kappa shape index (κ3) is 4.03. The largest absolute Gasteiger partial charge is 0.508 e. The molecule has 1 aromatic rings. The van der Waals surface area contributed by atoms with E-state index in [0.29, 0.717) is 17.9 Å². The van der Waals surface area contributed by atoms with E-state index in [0.717, 1.165) is 12.8 Å². The first-order valence-corrected chi connectivity index (χ1v) is 6.15. The molecule has 1 aromatic carbocycles. The maximum atomic E-state index is 11.8. The van der Waals surface area contributed by atoms with Gasteiger partial charge in [-0.3, -0.25) is 4.79 Å². The van der Waals surface area contributed by atoms with Gasteiger partial charge in [0.05, 0.1) is 5.38 Å². The number of hydrogen-bond donors (Lipinski definition) is 1. The highest BCUT2D eigenvalue weighted by Gasteiger charge is 2.16. The van der Waals surface area contributed by atoms with Crippen molar-refractivity contribution in [2.24, 2.45) is 0 Å². The van der Waals surface area contributed by atoms with Crippen LogP contribution in [0.3, 0.4) is 0 Å². The Balaban J connectivity index is 2.53. The number of ketones is 1. The lowest BCUT2D eigenvalue weighted by atomic mass is 10.0. The van der Waals surface area contributed by atoms with Crippen LogP contribution in [0, 0.1) is 0 Å². The Kier molecular flexibility index (Phi) is 5.64. The zero-order valence-electron chi connectivity index (χ0n) is 8.83. The number of halogens is 2. The van der Waals surface area contributed by atoms with Gasteiger partial charge in [0, 0.05) is 11.4 Å². The van der Waals surface area contributed by atoms with Crippen LogP contribution in [0.15, 0.2) is 24.3 Å².